The zero-order chi connectivity index (χ0) is 26.2. The second-order valence-electron chi connectivity index (χ2n) is 11.5. The predicted molar refractivity (Wildman–Crippen MR) is 152 cm³/mol. The van der Waals surface area contributed by atoms with Crippen LogP contribution in [0.3, 0.4) is 0 Å². The molecule has 0 aliphatic carbocycles. The summed E-state index contributed by atoms with van der Waals surface area (Å²) < 4.78 is 6.27. The van der Waals surface area contributed by atoms with Gasteiger partial charge in [-0.15, -0.1) is 0 Å². The fourth-order valence-electron chi connectivity index (χ4n) is 5.95. The summed E-state index contributed by atoms with van der Waals surface area (Å²) in [6.45, 7) is 8.83. The summed E-state index contributed by atoms with van der Waals surface area (Å²) in [7, 11) is 0. The van der Waals surface area contributed by atoms with Crippen molar-refractivity contribution in [3.8, 4) is 22.6 Å². The van der Waals surface area contributed by atoms with Gasteiger partial charge < -0.3 is 10.1 Å². The van der Waals surface area contributed by atoms with Gasteiger partial charge in [-0.25, -0.2) is 0 Å². The Morgan fingerprint density at radius 2 is 1.65 bits per heavy atom. The van der Waals surface area contributed by atoms with Gasteiger partial charge in [0.05, 0.1) is 10.5 Å². The minimum Gasteiger partial charge on any atom is -0.455 e. The summed E-state index contributed by atoms with van der Waals surface area (Å²) in [5.41, 5.74) is 3.48. The lowest BCUT2D eigenvalue weighted by molar-refractivity contribution is 0.0864. The number of carbonyl (C=O) groups is 1. The van der Waals surface area contributed by atoms with Crippen LogP contribution in [0, 0.1) is 5.92 Å². The summed E-state index contributed by atoms with van der Waals surface area (Å²) in [6, 6.07) is 23.3. The number of ketones is 1. The van der Waals surface area contributed by atoms with E-state index in [2.05, 4.69) is 44.1 Å². The molecule has 0 saturated carbocycles. The molecule has 5 heteroatoms. The van der Waals surface area contributed by atoms with Crippen LogP contribution in [0.2, 0.25) is 5.02 Å². The summed E-state index contributed by atoms with van der Waals surface area (Å²) in [5, 5.41) is 5.17. The number of benzene rings is 3. The van der Waals surface area contributed by atoms with Gasteiger partial charge in [0.15, 0.2) is 5.78 Å². The van der Waals surface area contributed by atoms with E-state index in [1.807, 2.05) is 60.8 Å². The van der Waals surface area contributed by atoms with Crippen molar-refractivity contribution in [3.63, 3.8) is 0 Å². The largest absolute Gasteiger partial charge is 0.455 e. The van der Waals surface area contributed by atoms with Crippen LogP contribution in [0.4, 0.5) is 0 Å². The van der Waals surface area contributed by atoms with Crippen molar-refractivity contribution >= 4 is 28.3 Å². The topological polar surface area (TPSA) is 51.2 Å². The van der Waals surface area contributed by atoms with E-state index in [1.54, 1.807) is 12.1 Å². The highest BCUT2D eigenvalue weighted by molar-refractivity contribution is 6.32. The number of halogens is 1. The van der Waals surface area contributed by atoms with Crippen LogP contribution in [0.1, 0.15) is 57.3 Å². The number of pyridine rings is 1. The number of nitrogens with zero attached hydrogens (tertiary/aromatic N) is 1. The zero-order valence-electron chi connectivity index (χ0n) is 21.8. The zero-order valence-corrected chi connectivity index (χ0v) is 22.6. The first-order chi connectivity index (χ1) is 17.6. The van der Waals surface area contributed by atoms with Crippen molar-refractivity contribution in [1.29, 1.82) is 0 Å². The molecular weight excluding hydrogens is 480 g/mol. The first-order valence-electron chi connectivity index (χ1n) is 12.8. The number of piperidine rings is 1. The normalized spacial score (nSPS) is 17.0. The predicted octanol–water partition coefficient (Wildman–Crippen LogP) is 8.48. The van der Waals surface area contributed by atoms with E-state index >= 15 is 0 Å². The van der Waals surface area contributed by atoms with Gasteiger partial charge in [-0.3, -0.25) is 9.78 Å². The van der Waals surface area contributed by atoms with Crippen molar-refractivity contribution in [2.24, 2.45) is 5.92 Å². The van der Waals surface area contributed by atoms with Crippen molar-refractivity contribution < 1.29 is 9.53 Å². The molecule has 3 aromatic carbocycles. The lowest BCUT2D eigenvalue weighted by atomic mass is 9.74. The van der Waals surface area contributed by atoms with Crippen LogP contribution in [0.25, 0.3) is 22.0 Å². The number of Topliss-reactive ketones (excluding diaryl/α,β-unsaturated/α-hetero) is 1. The number of aromatic nitrogens is 1. The molecule has 4 nitrogen and oxygen atoms in total. The molecule has 0 bridgehead atoms. The number of nitrogens with one attached hydrogen (secondary N) is 1. The van der Waals surface area contributed by atoms with Gasteiger partial charge in [-0.05, 0) is 82.9 Å². The van der Waals surface area contributed by atoms with Crippen LogP contribution < -0.4 is 10.1 Å². The van der Waals surface area contributed by atoms with Gasteiger partial charge >= 0.3 is 0 Å². The van der Waals surface area contributed by atoms with E-state index < -0.39 is 0 Å². The maximum atomic E-state index is 13.2. The molecule has 1 fully saturated rings. The molecule has 190 valence electrons. The third-order valence-corrected chi connectivity index (χ3v) is 7.31. The van der Waals surface area contributed by atoms with Gasteiger partial charge in [0.2, 0.25) is 0 Å². The van der Waals surface area contributed by atoms with Crippen LogP contribution in [0.15, 0.2) is 79.0 Å². The minimum atomic E-state index is 0.00991. The maximum Gasteiger partial charge on any atom is 0.163 e. The van der Waals surface area contributed by atoms with Crippen molar-refractivity contribution in [1.82, 2.24) is 10.3 Å². The van der Waals surface area contributed by atoms with Crippen LogP contribution in [0.5, 0.6) is 11.5 Å². The van der Waals surface area contributed by atoms with E-state index in [0.29, 0.717) is 34.4 Å². The third-order valence-electron chi connectivity index (χ3n) is 7.01. The second kappa shape index (κ2) is 9.92. The van der Waals surface area contributed by atoms with E-state index in [1.165, 1.54) is 0 Å². The smallest absolute Gasteiger partial charge is 0.163 e. The lowest BCUT2D eigenvalue weighted by Crippen LogP contribution is -2.57. The molecule has 1 aliphatic heterocycles. The van der Waals surface area contributed by atoms with Crippen molar-refractivity contribution in [2.45, 2.75) is 58.0 Å². The molecule has 1 aliphatic rings. The maximum absolute atomic E-state index is 13.2. The molecule has 0 unspecified atom stereocenters. The number of fused-ring (bicyclic) bond motifs is 1. The van der Waals surface area contributed by atoms with E-state index in [-0.39, 0.29) is 16.9 Å². The highest BCUT2D eigenvalue weighted by atomic mass is 35.5. The molecular formula is C32H33ClN2O2. The summed E-state index contributed by atoms with van der Waals surface area (Å²) in [6.07, 6.45) is 4.31. The molecule has 1 saturated heterocycles. The molecule has 1 N–H and O–H groups in total. The summed E-state index contributed by atoms with van der Waals surface area (Å²) in [5.74, 6) is 1.65. The quantitative estimate of drug-likeness (QED) is 0.263. The van der Waals surface area contributed by atoms with Crippen molar-refractivity contribution in [3.05, 3.63) is 89.6 Å². The van der Waals surface area contributed by atoms with E-state index in [4.69, 9.17) is 16.3 Å². The Morgan fingerprint density at radius 1 is 0.946 bits per heavy atom. The van der Waals surface area contributed by atoms with Gasteiger partial charge in [-0.1, -0.05) is 48.0 Å². The fourth-order valence-corrected chi connectivity index (χ4v) is 6.17. The first kappa shape index (κ1) is 25.4. The Bertz CT molecular complexity index is 1440. The fraction of sp³-hybridized carbons (Fsp3) is 0.312. The Morgan fingerprint density at radius 3 is 2.41 bits per heavy atom. The summed E-state index contributed by atoms with van der Waals surface area (Å²) in [4.78, 5) is 17.8. The van der Waals surface area contributed by atoms with Gasteiger partial charge in [0, 0.05) is 45.8 Å². The average Bonchev–Trinajstić information content (AvgIpc) is 2.83. The number of hydrogen-bond acceptors (Lipinski definition) is 4. The number of para-hydroxylation sites is 2. The molecule has 0 atom stereocenters. The highest BCUT2D eigenvalue weighted by Crippen LogP contribution is 2.38. The Balaban J connectivity index is 1.35. The number of hydrogen-bond donors (Lipinski definition) is 1. The molecule has 4 aromatic rings. The Hall–Kier alpha value is -3.21. The van der Waals surface area contributed by atoms with Crippen LogP contribution in [-0.2, 0) is 0 Å². The number of ether oxygens (including phenoxy) is 1. The standard InChI is InChI=1S/C32H33ClN2O2/c1-31(2)18-21(19-32(3,4)35-31)15-28(36)23-13-14-30(26(33)17-23)37-29-12-8-6-10-25(29)24-16-22-9-5-7-11-27(22)34-20-24/h5-14,16-17,20-21,35H,15,18-19H2,1-4H3. The number of rotatable bonds is 6. The molecule has 2 heterocycles. The van der Waals surface area contributed by atoms with Crippen LogP contribution >= 0.6 is 11.6 Å². The van der Waals surface area contributed by atoms with Crippen molar-refractivity contribution in [2.75, 3.05) is 0 Å². The Labute approximate surface area is 224 Å². The number of carbonyl (C=O) groups excluding carboxylic acids is 1. The molecule has 0 spiro atoms. The monoisotopic (exact) mass is 512 g/mol. The molecule has 37 heavy (non-hydrogen) atoms. The summed E-state index contributed by atoms with van der Waals surface area (Å²) >= 11 is 6.63. The van der Waals surface area contributed by atoms with Gasteiger partial charge in [-0.2, -0.15) is 0 Å². The molecule has 1 aromatic heterocycles. The Kier molecular flexibility index (Phi) is 6.82. The second-order valence-corrected chi connectivity index (χ2v) is 11.9. The molecule has 0 amide bonds. The third kappa shape index (κ3) is 5.87. The van der Waals surface area contributed by atoms with E-state index in [9.17, 15) is 4.79 Å². The van der Waals surface area contributed by atoms with Gasteiger partial charge in [0.25, 0.3) is 0 Å². The average molecular weight is 513 g/mol. The SMILES string of the molecule is CC1(C)CC(CC(=O)c2ccc(Oc3ccccc3-c3cnc4ccccc4c3)c(Cl)c2)CC(C)(C)N1. The highest BCUT2D eigenvalue weighted by Gasteiger charge is 2.38. The van der Waals surface area contributed by atoms with E-state index in [0.717, 1.165) is 34.9 Å². The molecule has 0 radical (unpaired) electrons. The van der Waals surface area contributed by atoms with Crippen LogP contribution in [-0.4, -0.2) is 21.8 Å². The first-order valence-corrected chi connectivity index (χ1v) is 13.2. The lowest BCUT2D eigenvalue weighted by Gasteiger charge is -2.46. The minimum absolute atomic E-state index is 0.00991. The van der Waals surface area contributed by atoms with Gasteiger partial charge in [0.1, 0.15) is 11.5 Å². The molecule has 5 rings (SSSR count).